The van der Waals surface area contributed by atoms with Crippen molar-refractivity contribution >= 4 is 32.9 Å². The maximum Gasteiger partial charge on any atom is 0.344 e. The summed E-state index contributed by atoms with van der Waals surface area (Å²) in [6.07, 6.45) is 0. The normalized spacial score (nSPS) is 10.5. The molecule has 3 rings (SSSR count). The van der Waals surface area contributed by atoms with Crippen molar-refractivity contribution < 1.29 is 23.4 Å². The summed E-state index contributed by atoms with van der Waals surface area (Å²) < 4.78 is 21.7. The third kappa shape index (κ3) is 4.43. The van der Waals surface area contributed by atoms with Crippen molar-refractivity contribution in [1.29, 1.82) is 0 Å². The topological polar surface area (TPSA) is 75.0 Å². The molecule has 0 fully saturated rings. The van der Waals surface area contributed by atoms with Crippen LogP contribution in [0.4, 0.5) is 0 Å². The van der Waals surface area contributed by atoms with Crippen LogP contribution in [0, 0.1) is 0 Å². The summed E-state index contributed by atoms with van der Waals surface area (Å²) in [4.78, 5) is 23.6. The number of carbonyl (C=O) groups excluding carboxylic acids is 1. The number of fused-ring (bicyclic) bond motifs is 1. The second-order valence-electron chi connectivity index (χ2n) is 5.36. The Morgan fingerprint density at radius 1 is 1.12 bits per heavy atom. The second kappa shape index (κ2) is 8.05. The summed E-state index contributed by atoms with van der Waals surface area (Å²) in [5.41, 5.74) is 0.394. The SMILES string of the molecule is COc1ccc2c(COC(=O)COc3cccc(Br)c3)cc(=O)oc2c1. The van der Waals surface area contributed by atoms with E-state index in [1.807, 2.05) is 6.07 Å². The molecule has 0 bridgehead atoms. The van der Waals surface area contributed by atoms with Gasteiger partial charge < -0.3 is 18.6 Å². The van der Waals surface area contributed by atoms with Crippen LogP contribution in [0.25, 0.3) is 11.0 Å². The van der Waals surface area contributed by atoms with E-state index in [1.54, 1.807) is 36.4 Å². The molecule has 0 aliphatic heterocycles. The maximum atomic E-state index is 11.9. The van der Waals surface area contributed by atoms with Crippen LogP contribution in [0.1, 0.15) is 5.56 Å². The maximum absolute atomic E-state index is 11.9. The molecule has 0 saturated carbocycles. The van der Waals surface area contributed by atoms with Crippen molar-refractivity contribution in [3.05, 3.63) is 69.0 Å². The summed E-state index contributed by atoms with van der Waals surface area (Å²) in [6.45, 7) is -0.293. The van der Waals surface area contributed by atoms with Crippen LogP contribution in [0.2, 0.25) is 0 Å². The van der Waals surface area contributed by atoms with Crippen molar-refractivity contribution in [1.82, 2.24) is 0 Å². The van der Waals surface area contributed by atoms with E-state index in [2.05, 4.69) is 15.9 Å². The van der Waals surface area contributed by atoms with Gasteiger partial charge in [0.1, 0.15) is 23.7 Å². The van der Waals surface area contributed by atoms with Gasteiger partial charge in [0.15, 0.2) is 6.61 Å². The minimum atomic E-state index is -0.542. The Morgan fingerprint density at radius 2 is 1.96 bits per heavy atom. The molecule has 0 amide bonds. The van der Waals surface area contributed by atoms with Crippen LogP contribution in [0.3, 0.4) is 0 Å². The Morgan fingerprint density at radius 3 is 2.73 bits per heavy atom. The number of benzene rings is 2. The molecule has 1 aromatic heterocycles. The number of hydrogen-bond acceptors (Lipinski definition) is 6. The fraction of sp³-hybridized carbons (Fsp3) is 0.158. The first-order valence-corrected chi connectivity index (χ1v) is 8.49. The number of rotatable bonds is 6. The van der Waals surface area contributed by atoms with Gasteiger partial charge in [-0.1, -0.05) is 22.0 Å². The molecule has 134 valence electrons. The predicted octanol–water partition coefficient (Wildman–Crippen LogP) is 3.69. The van der Waals surface area contributed by atoms with Crippen molar-refractivity contribution in [2.24, 2.45) is 0 Å². The van der Waals surface area contributed by atoms with Gasteiger partial charge in [-0.2, -0.15) is 0 Å². The number of methoxy groups -OCH3 is 1. The Kier molecular flexibility index (Phi) is 5.58. The monoisotopic (exact) mass is 418 g/mol. The third-order valence-corrected chi connectivity index (χ3v) is 4.07. The number of ether oxygens (including phenoxy) is 3. The van der Waals surface area contributed by atoms with Crippen molar-refractivity contribution in [3.63, 3.8) is 0 Å². The Labute approximate surface area is 157 Å². The molecular weight excluding hydrogens is 404 g/mol. The van der Waals surface area contributed by atoms with Crippen LogP contribution in [-0.4, -0.2) is 19.7 Å². The molecule has 2 aromatic carbocycles. The van der Waals surface area contributed by atoms with Gasteiger partial charge in [-0.3, -0.25) is 0 Å². The van der Waals surface area contributed by atoms with Crippen molar-refractivity contribution in [2.75, 3.05) is 13.7 Å². The molecule has 0 aliphatic rings. The molecule has 0 atom stereocenters. The van der Waals surface area contributed by atoms with E-state index >= 15 is 0 Å². The lowest BCUT2D eigenvalue weighted by Gasteiger charge is -2.09. The van der Waals surface area contributed by atoms with Crippen LogP contribution in [0.5, 0.6) is 11.5 Å². The lowest BCUT2D eigenvalue weighted by Crippen LogP contribution is -2.15. The van der Waals surface area contributed by atoms with Crippen LogP contribution in [0.15, 0.2) is 62.2 Å². The Balaban J connectivity index is 1.67. The highest BCUT2D eigenvalue weighted by molar-refractivity contribution is 9.10. The molecule has 7 heteroatoms. The average molecular weight is 419 g/mol. The fourth-order valence-corrected chi connectivity index (χ4v) is 2.73. The molecule has 0 spiro atoms. The average Bonchev–Trinajstić information content (AvgIpc) is 2.63. The zero-order chi connectivity index (χ0) is 18.5. The van der Waals surface area contributed by atoms with Gasteiger partial charge >= 0.3 is 11.6 Å². The molecule has 6 nitrogen and oxygen atoms in total. The Hall–Kier alpha value is -2.80. The summed E-state index contributed by atoms with van der Waals surface area (Å²) in [5, 5.41) is 0.672. The van der Waals surface area contributed by atoms with Gasteiger partial charge in [0, 0.05) is 27.6 Å². The minimum Gasteiger partial charge on any atom is -0.497 e. The van der Waals surface area contributed by atoms with E-state index in [4.69, 9.17) is 18.6 Å². The standard InChI is InChI=1S/C19H15BrO6/c1-23-14-5-6-16-12(7-18(21)26-17(16)9-14)10-25-19(22)11-24-15-4-2-3-13(20)8-15/h2-9H,10-11H2,1H3. The van der Waals surface area contributed by atoms with Gasteiger partial charge in [0.2, 0.25) is 0 Å². The highest BCUT2D eigenvalue weighted by Gasteiger charge is 2.10. The van der Waals surface area contributed by atoms with E-state index in [-0.39, 0.29) is 13.2 Å². The highest BCUT2D eigenvalue weighted by Crippen LogP contribution is 2.23. The summed E-state index contributed by atoms with van der Waals surface area (Å²) >= 11 is 3.33. The molecule has 26 heavy (non-hydrogen) atoms. The molecule has 0 aliphatic carbocycles. The third-order valence-electron chi connectivity index (χ3n) is 3.58. The smallest absolute Gasteiger partial charge is 0.344 e. The molecule has 0 radical (unpaired) electrons. The van der Waals surface area contributed by atoms with Crippen LogP contribution >= 0.6 is 15.9 Å². The molecule has 1 heterocycles. The van der Waals surface area contributed by atoms with Crippen molar-refractivity contribution in [3.8, 4) is 11.5 Å². The second-order valence-corrected chi connectivity index (χ2v) is 6.28. The first kappa shape index (κ1) is 18.0. The van der Waals surface area contributed by atoms with E-state index in [0.717, 1.165) is 4.47 Å². The van der Waals surface area contributed by atoms with Gasteiger partial charge in [-0.05, 0) is 30.3 Å². The van der Waals surface area contributed by atoms with E-state index in [9.17, 15) is 9.59 Å². The summed E-state index contributed by atoms with van der Waals surface area (Å²) in [6, 6.07) is 13.5. The first-order valence-electron chi connectivity index (χ1n) is 7.70. The van der Waals surface area contributed by atoms with E-state index in [1.165, 1.54) is 13.2 Å². The van der Waals surface area contributed by atoms with Gasteiger partial charge in [-0.15, -0.1) is 0 Å². The predicted molar refractivity (Wildman–Crippen MR) is 98.5 cm³/mol. The molecule has 3 aromatic rings. The number of carbonyl (C=O) groups is 1. The highest BCUT2D eigenvalue weighted by atomic mass is 79.9. The minimum absolute atomic E-state index is 0.0604. The van der Waals surface area contributed by atoms with Crippen LogP contribution in [-0.2, 0) is 16.1 Å². The van der Waals surface area contributed by atoms with Gasteiger partial charge in [-0.25, -0.2) is 9.59 Å². The first-order chi connectivity index (χ1) is 12.5. The number of halogens is 1. The number of hydrogen-bond donors (Lipinski definition) is 0. The number of esters is 1. The van der Waals surface area contributed by atoms with Crippen LogP contribution < -0.4 is 15.1 Å². The zero-order valence-electron chi connectivity index (χ0n) is 13.9. The lowest BCUT2D eigenvalue weighted by molar-refractivity contribution is -0.147. The van der Waals surface area contributed by atoms with E-state index < -0.39 is 11.6 Å². The van der Waals surface area contributed by atoms with Gasteiger partial charge in [0.05, 0.1) is 7.11 Å². The largest absolute Gasteiger partial charge is 0.497 e. The fourth-order valence-electron chi connectivity index (χ4n) is 2.36. The zero-order valence-corrected chi connectivity index (χ0v) is 15.4. The Bertz CT molecular complexity index is 995. The van der Waals surface area contributed by atoms with Gasteiger partial charge in [0.25, 0.3) is 0 Å². The molecule has 0 saturated heterocycles. The quantitative estimate of drug-likeness (QED) is 0.448. The molecular formula is C19H15BrO6. The van der Waals surface area contributed by atoms with E-state index in [0.29, 0.717) is 28.0 Å². The molecule has 0 N–H and O–H groups in total. The summed E-state index contributed by atoms with van der Waals surface area (Å²) in [7, 11) is 1.52. The van der Waals surface area contributed by atoms with Crippen molar-refractivity contribution in [2.45, 2.75) is 6.61 Å². The lowest BCUT2D eigenvalue weighted by atomic mass is 10.1. The summed E-state index contributed by atoms with van der Waals surface area (Å²) in [5.74, 6) is 0.575. The molecule has 0 unspecified atom stereocenters.